The summed E-state index contributed by atoms with van der Waals surface area (Å²) in [5.41, 5.74) is 5.68. The molecule has 2 rings (SSSR count). The molecule has 0 bridgehead atoms. The second kappa shape index (κ2) is 9.70. The summed E-state index contributed by atoms with van der Waals surface area (Å²) in [6, 6.07) is 0. The summed E-state index contributed by atoms with van der Waals surface area (Å²) < 4.78 is 18.2. The van der Waals surface area contributed by atoms with Crippen molar-refractivity contribution in [1.29, 1.82) is 0 Å². The number of carbonyl (C=O) groups is 1. The van der Waals surface area contributed by atoms with Crippen LogP contribution in [0.3, 0.4) is 0 Å². The molecule has 0 unspecified atom stereocenters. The van der Waals surface area contributed by atoms with Crippen molar-refractivity contribution in [2.24, 2.45) is 11.7 Å². The molecule has 114 valence electrons. The molecule has 0 saturated heterocycles. The Morgan fingerprint density at radius 1 is 1.35 bits per heavy atom. The van der Waals surface area contributed by atoms with E-state index in [-0.39, 0.29) is 5.97 Å². The van der Waals surface area contributed by atoms with E-state index >= 15 is 0 Å². The van der Waals surface area contributed by atoms with Crippen LogP contribution in [-0.2, 0) is 9.53 Å². The third-order valence-corrected chi connectivity index (χ3v) is 3.75. The average Bonchev–Trinajstić information content (AvgIpc) is 2.51. The van der Waals surface area contributed by atoms with E-state index in [1.807, 2.05) is 12.2 Å². The van der Waals surface area contributed by atoms with Crippen molar-refractivity contribution in [2.75, 3.05) is 13.7 Å². The minimum Gasteiger partial charge on any atom is -0.461 e. The van der Waals surface area contributed by atoms with E-state index in [1.54, 1.807) is 0 Å². The second-order valence-electron chi connectivity index (χ2n) is 5.27. The van der Waals surface area contributed by atoms with E-state index in [1.165, 1.54) is 12.6 Å². The van der Waals surface area contributed by atoms with Gasteiger partial charge in [0, 0.05) is 6.42 Å². The summed E-state index contributed by atoms with van der Waals surface area (Å²) in [6.07, 6.45) is 10.8. The summed E-state index contributed by atoms with van der Waals surface area (Å²) in [5, 5.41) is 0. The number of allylic oxidation sites excluding steroid dienone is 3. The topological polar surface area (TPSA) is 52.3 Å². The van der Waals surface area contributed by atoms with Crippen LogP contribution >= 0.6 is 0 Å². The van der Waals surface area contributed by atoms with Crippen LogP contribution in [-0.4, -0.2) is 25.8 Å². The highest BCUT2D eigenvalue weighted by atomic mass is 19.1. The molecule has 0 aromatic carbocycles. The number of halogens is 1. The van der Waals surface area contributed by atoms with E-state index in [4.69, 9.17) is 4.74 Å². The molecule has 0 heterocycles. The van der Waals surface area contributed by atoms with Crippen LogP contribution < -0.4 is 5.73 Å². The highest BCUT2D eigenvalue weighted by Gasteiger charge is 2.23. The smallest absolute Gasteiger partial charge is 0.306 e. The fourth-order valence-corrected chi connectivity index (χ4v) is 2.57. The maximum absolute atomic E-state index is 13.0. The zero-order chi connectivity index (χ0) is 14.8. The van der Waals surface area contributed by atoms with Gasteiger partial charge in [-0.3, -0.25) is 4.79 Å². The summed E-state index contributed by atoms with van der Waals surface area (Å²) >= 11 is 0. The van der Waals surface area contributed by atoms with Gasteiger partial charge in [-0.05, 0) is 57.1 Å². The minimum atomic E-state index is -0.656. The number of ether oxygens (including phenoxy) is 1. The molecule has 4 heteroatoms. The van der Waals surface area contributed by atoms with Gasteiger partial charge in [0.25, 0.3) is 0 Å². The van der Waals surface area contributed by atoms with Crippen molar-refractivity contribution < 1.29 is 13.9 Å². The monoisotopic (exact) mass is 283 g/mol. The first-order valence-electron chi connectivity index (χ1n) is 7.46. The highest BCUT2D eigenvalue weighted by molar-refractivity contribution is 5.69. The Balaban J connectivity index is 0.000000956. The van der Waals surface area contributed by atoms with Gasteiger partial charge in [-0.25, -0.2) is 4.39 Å². The summed E-state index contributed by atoms with van der Waals surface area (Å²) in [4.78, 5) is 11.7. The van der Waals surface area contributed by atoms with Crippen LogP contribution in [0.5, 0.6) is 0 Å². The maximum Gasteiger partial charge on any atom is 0.306 e. The molecule has 0 atom stereocenters. The zero-order valence-corrected chi connectivity index (χ0v) is 12.3. The molecule has 0 aliphatic heterocycles. The molecule has 2 N–H and O–H groups in total. The Bertz CT molecular complexity index is 344. The maximum atomic E-state index is 13.0. The van der Waals surface area contributed by atoms with Crippen LogP contribution in [0.4, 0.5) is 4.39 Å². The fraction of sp³-hybridized carbons (Fsp3) is 0.688. The van der Waals surface area contributed by atoms with Crippen LogP contribution in [0, 0.1) is 5.92 Å². The predicted octanol–water partition coefficient (Wildman–Crippen LogP) is 3.30. The number of rotatable bonds is 4. The van der Waals surface area contributed by atoms with Crippen LogP contribution in [0.1, 0.15) is 44.9 Å². The molecule has 3 nitrogen and oxygen atoms in total. The van der Waals surface area contributed by atoms with Crippen molar-refractivity contribution in [3.63, 3.8) is 0 Å². The van der Waals surface area contributed by atoms with Gasteiger partial charge >= 0.3 is 5.97 Å². The number of hydrogen-bond acceptors (Lipinski definition) is 3. The summed E-state index contributed by atoms with van der Waals surface area (Å²) in [6.45, 7) is 0.418. The van der Waals surface area contributed by atoms with Gasteiger partial charge in [-0.2, -0.15) is 0 Å². The van der Waals surface area contributed by atoms with E-state index in [0.29, 0.717) is 31.8 Å². The number of carbonyl (C=O) groups excluding carboxylic acids is 1. The Morgan fingerprint density at radius 3 is 2.65 bits per heavy atom. The van der Waals surface area contributed by atoms with E-state index in [0.717, 1.165) is 25.7 Å². The number of esters is 1. The molecule has 0 spiro atoms. The van der Waals surface area contributed by atoms with E-state index in [9.17, 15) is 9.18 Å². The summed E-state index contributed by atoms with van der Waals surface area (Å²) in [5.74, 6) is 0.192. The van der Waals surface area contributed by atoms with Gasteiger partial charge in [-0.15, -0.1) is 0 Å². The van der Waals surface area contributed by atoms with Crippen LogP contribution in [0.25, 0.3) is 0 Å². The minimum absolute atomic E-state index is 0.132. The lowest BCUT2D eigenvalue weighted by Gasteiger charge is -2.23. The molecule has 1 saturated carbocycles. The third kappa shape index (κ3) is 6.33. The van der Waals surface area contributed by atoms with Crippen molar-refractivity contribution in [3.05, 3.63) is 23.8 Å². The molecule has 2 aliphatic rings. The van der Waals surface area contributed by atoms with Gasteiger partial charge in [-0.1, -0.05) is 18.2 Å². The first kappa shape index (κ1) is 16.9. The molecule has 0 radical (unpaired) electrons. The lowest BCUT2D eigenvalue weighted by atomic mass is 9.86. The molecule has 2 aliphatic carbocycles. The van der Waals surface area contributed by atoms with Gasteiger partial charge in [0.15, 0.2) is 0 Å². The molecule has 0 amide bonds. The third-order valence-electron chi connectivity index (χ3n) is 3.75. The lowest BCUT2D eigenvalue weighted by Crippen LogP contribution is -2.19. The standard InChI is InChI=1S/C15H21FO2.CH5N/c16-14-8-6-12(7-9-14)10-15(17)18-11-13-4-2-1-3-5-13;1-2/h1-2,4,12,14H,3,5-11H2;2H2,1H3. The average molecular weight is 283 g/mol. The summed E-state index contributed by atoms with van der Waals surface area (Å²) in [7, 11) is 1.50. The zero-order valence-electron chi connectivity index (χ0n) is 12.3. The number of hydrogen-bond donors (Lipinski definition) is 1. The van der Waals surface area contributed by atoms with Crippen LogP contribution in [0.2, 0.25) is 0 Å². The lowest BCUT2D eigenvalue weighted by molar-refractivity contribution is -0.144. The van der Waals surface area contributed by atoms with Crippen molar-refractivity contribution in [1.82, 2.24) is 0 Å². The van der Waals surface area contributed by atoms with Crippen molar-refractivity contribution >= 4 is 5.97 Å². The van der Waals surface area contributed by atoms with Gasteiger partial charge in [0.05, 0.1) is 0 Å². The van der Waals surface area contributed by atoms with Gasteiger partial charge in [0.1, 0.15) is 12.8 Å². The molecular weight excluding hydrogens is 257 g/mol. The largest absolute Gasteiger partial charge is 0.461 e. The van der Waals surface area contributed by atoms with E-state index in [2.05, 4.69) is 11.8 Å². The van der Waals surface area contributed by atoms with Crippen molar-refractivity contribution in [3.8, 4) is 0 Å². The highest BCUT2D eigenvalue weighted by Crippen LogP contribution is 2.28. The SMILES string of the molecule is CN.O=C(CC1CCC(F)CC1)OCC1=CC=CCC1. The number of alkyl halides is 1. The Labute approximate surface area is 121 Å². The van der Waals surface area contributed by atoms with Gasteiger partial charge in [0.2, 0.25) is 0 Å². The molecule has 0 aromatic rings. The quantitative estimate of drug-likeness (QED) is 0.805. The Morgan fingerprint density at radius 2 is 2.05 bits per heavy atom. The van der Waals surface area contributed by atoms with E-state index < -0.39 is 6.17 Å². The Kier molecular flexibility index (Phi) is 8.19. The molecule has 0 aromatic heterocycles. The first-order valence-corrected chi connectivity index (χ1v) is 7.46. The second-order valence-corrected chi connectivity index (χ2v) is 5.27. The normalized spacial score (nSPS) is 25.2. The fourth-order valence-electron chi connectivity index (χ4n) is 2.57. The van der Waals surface area contributed by atoms with Gasteiger partial charge < -0.3 is 10.5 Å². The van der Waals surface area contributed by atoms with Crippen molar-refractivity contribution in [2.45, 2.75) is 51.1 Å². The van der Waals surface area contributed by atoms with Crippen LogP contribution in [0.15, 0.2) is 23.8 Å². The number of nitrogens with two attached hydrogens (primary N) is 1. The molecule has 20 heavy (non-hydrogen) atoms. The predicted molar refractivity (Wildman–Crippen MR) is 79.0 cm³/mol. The molecule has 1 fully saturated rings. The first-order chi connectivity index (χ1) is 9.74. The Hall–Kier alpha value is -1.16. The molecular formula is C16H26FNO2.